The largest absolute Gasteiger partial charge is 0.384 e. The summed E-state index contributed by atoms with van der Waals surface area (Å²) in [6.07, 6.45) is 0. The van der Waals surface area contributed by atoms with Crippen molar-refractivity contribution in [2.45, 2.75) is 13.8 Å². The lowest BCUT2D eigenvalue weighted by Gasteiger charge is -2.38. The van der Waals surface area contributed by atoms with Crippen LogP contribution < -0.4 is 5.32 Å². The molecule has 0 bridgehead atoms. The maximum absolute atomic E-state index is 5.90. The second-order valence-electron chi connectivity index (χ2n) is 4.62. The molecule has 1 saturated heterocycles. The van der Waals surface area contributed by atoms with E-state index >= 15 is 0 Å². The molecule has 2 rings (SSSR count). The minimum atomic E-state index is 0.298. The molecule has 0 unspecified atom stereocenters. The topological polar surface area (TPSA) is 21.3 Å². The van der Waals surface area contributed by atoms with Crippen LogP contribution in [0.4, 0.5) is 5.69 Å². The van der Waals surface area contributed by atoms with Gasteiger partial charge in [0.1, 0.15) is 0 Å². The van der Waals surface area contributed by atoms with Gasteiger partial charge >= 0.3 is 0 Å². The number of hydrogen-bond donors (Lipinski definition) is 1. The molecule has 0 aliphatic carbocycles. The van der Waals surface area contributed by atoms with Crippen molar-refractivity contribution < 1.29 is 4.74 Å². The van der Waals surface area contributed by atoms with Crippen molar-refractivity contribution in [3.63, 3.8) is 0 Å². The molecule has 1 aliphatic rings. The van der Waals surface area contributed by atoms with Crippen LogP contribution in [0.15, 0.2) is 18.2 Å². The number of aryl methyl sites for hydroxylation is 1. The van der Waals surface area contributed by atoms with Gasteiger partial charge in [-0.05, 0) is 30.7 Å². The van der Waals surface area contributed by atoms with Crippen molar-refractivity contribution in [2.24, 2.45) is 5.41 Å². The van der Waals surface area contributed by atoms with E-state index in [1.807, 2.05) is 18.2 Å². The van der Waals surface area contributed by atoms with Gasteiger partial charge in [0.15, 0.2) is 0 Å². The van der Waals surface area contributed by atoms with Crippen LogP contribution in [0, 0.1) is 12.3 Å². The van der Waals surface area contributed by atoms with Gasteiger partial charge in [0.05, 0.1) is 13.2 Å². The molecule has 0 atom stereocenters. The molecule has 1 fully saturated rings. The van der Waals surface area contributed by atoms with E-state index in [2.05, 4.69) is 19.2 Å². The number of benzene rings is 1. The van der Waals surface area contributed by atoms with E-state index in [1.165, 1.54) is 5.56 Å². The Morgan fingerprint density at radius 1 is 1.47 bits per heavy atom. The van der Waals surface area contributed by atoms with E-state index in [1.54, 1.807) is 0 Å². The van der Waals surface area contributed by atoms with Gasteiger partial charge in [0, 0.05) is 22.7 Å². The zero-order valence-electron chi connectivity index (χ0n) is 9.14. The van der Waals surface area contributed by atoms with E-state index < -0.39 is 0 Å². The maximum Gasteiger partial charge on any atom is 0.0559 e. The summed E-state index contributed by atoms with van der Waals surface area (Å²) in [5, 5.41) is 4.23. The molecular weight excluding hydrogens is 210 g/mol. The van der Waals surface area contributed by atoms with Crippen molar-refractivity contribution in [3.8, 4) is 0 Å². The molecule has 0 spiro atoms. The van der Waals surface area contributed by atoms with Crippen molar-refractivity contribution in [2.75, 3.05) is 25.1 Å². The number of ether oxygens (including phenoxy) is 1. The second kappa shape index (κ2) is 4.03. The molecule has 15 heavy (non-hydrogen) atoms. The first kappa shape index (κ1) is 10.8. The monoisotopic (exact) mass is 225 g/mol. The lowest BCUT2D eigenvalue weighted by Crippen LogP contribution is -2.45. The minimum Gasteiger partial charge on any atom is -0.384 e. The van der Waals surface area contributed by atoms with Crippen LogP contribution in [0.3, 0.4) is 0 Å². The third-order valence-electron chi connectivity index (χ3n) is 2.80. The predicted octanol–water partition coefficient (Wildman–Crippen LogP) is 3.10. The SMILES string of the molecule is Cc1cc(Cl)ccc1NCC1(C)COC1. The van der Waals surface area contributed by atoms with Crippen LogP contribution in [0.1, 0.15) is 12.5 Å². The molecule has 0 amide bonds. The minimum absolute atomic E-state index is 0.298. The van der Waals surface area contributed by atoms with Gasteiger partial charge in [-0.2, -0.15) is 0 Å². The molecule has 2 nitrogen and oxygen atoms in total. The lowest BCUT2D eigenvalue weighted by atomic mass is 9.88. The van der Waals surface area contributed by atoms with Crippen LogP contribution in [0.25, 0.3) is 0 Å². The highest BCUT2D eigenvalue weighted by Gasteiger charge is 2.32. The average molecular weight is 226 g/mol. The highest BCUT2D eigenvalue weighted by molar-refractivity contribution is 6.30. The fraction of sp³-hybridized carbons (Fsp3) is 0.500. The van der Waals surface area contributed by atoms with Gasteiger partial charge < -0.3 is 10.1 Å². The zero-order valence-corrected chi connectivity index (χ0v) is 9.90. The summed E-state index contributed by atoms with van der Waals surface area (Å²) >= 11 is 5.90. The summed E-state index contributed by atoms with van der Waals surface area (Å²) in [6, 6.07) is 5.92. The van der Waals surface area contributed by atoms with Crippen molar-refractivity contribution in [1.29, 1.82) is 0 Å². The Morgan fingerprint density at radius 2 is 2.20 bits per heavy atom. The van der Waals surface area contributed by atoms with Crippen LogP contribution in [0.5, 0.6) is 0 Å². The molecule has 1 aromatic rings. The van der Waals surface area contributed by atoms with Crippen LogP contribution in [0.2, 0.25) is 5.02 Å². The van der Waals surface area contributed by atoms with Gasteiger partial charge in [0.2, 0.25) is 0 Å². The Bertz CT molecular complexity index is 361. The fourth-order valence-corrected chi connectivity index (χ4v) is 1.91. The van der Waals surface area contributed by atoms with Gasteiger partial charge in [0.25, 0.3) is 0 Å². The smallest absolute Gasteiger partial charge is 0.0559 e. The summed E-state index contributed by atoms with van der Waals surface area (Å²) < 4.78 is 5.21. The van der Waals surface area contributed by atoms with Gasteiger partial charge in [-0.3, -0.25) is 0 Å². The molecule has 0 saturated carbocycles. The first-order chi connectivity index (χ1) is 7.09. The van der Waals surface area contributed by atoms with Crippen molar-refractivity contribution in [1.82, 2.24) is 0 Å². The third-order valence-corrected chi connectivity index (χ3v) is 3.03. The third kappa shape index (κ3) is 2.44. The Morgan fingerprint density at radius 3 is 2.73 bits per heavy atom. The van der Waals surface area contributed by atoms with Crippen LogP contribution in [-0.2, 0) is 4.74 Å². The first-order valence-corrected chi connectivity index (χ1v) is 5.55. The molecule has 1 heterocycles. The number of hydrogen-bond acceptors (Lipinski definition) is 2. The van der Waals surface area contributed by atoms with E-state index in [-0.39, 0.29) is 0 Å². The van der Waals surface area contributed by atoms with Crippen LogP contribution >= 0.6 is 11.6 Å². The Labute approximate surface area is 95.6 Å². The Hall–Kier alpha value is -0.730. The zero-order chi connectivity index (χ0) is 10.9. The number of nitrogens with one attached hydrogen (secondary N) is 1. The first-order valence-electron chi connectivity index (χ1n) is 5.17. The fourth-order valence-electron chi connectivity index (χ4n) is 1.69. The molecule has 0 radical (unpaired) electrons. The quantitative estimate of drug-likeness (QED) is 0.854. The molecule has 0 aromatic heterocycles. The maximum atomic E-state index is 5.90. The summed E-state index contributed by atoms with van der Waals surface area (Å²) in [4.78, 5) is 0. The predicted molar refractivity (Wildman–Crippen MR) is 63.6 cm³/mol. The summed E-state index contributed by atoms with van der Waals surface area (Å²) in [6.45, 7) is 6.96. The van der Waals surface area contributed by atoms with Crippen molar-refractivity contribution >= 4 is 17.3 Å². The Kier molecular flexibility index (Phi) is 2.89. The van der Waals surface area contributed by atoms with E-state index in [4.69, 9.17) is 16.3 Å². The normalized spacial score (nSPS) is 18.3. The molecule has 82 valence electrons. The van der Waals surface area contributed by atoms with Crippen LogP contribution in [-0.4, -0.2) is 19.8 Å². The molecular formula is C12H16ClNO. The van der Waals surface area contributed by atoms with Gasteiger partial charge in [-0.25, -0.2) is 0 Å². The van der Waals surface area contributed by atoms with E-state index in [9.17, 15) is 0 Å². The summed E-state index contributed by atoms with van der Waals surface area (Å²) in [7, 11) is 0. The van der Waals surface area contributed by atoms with E-state index in [0.29, 0.717) is 5.41 Å². The standard InChI is InChI=1S/C12H16ClNO/c1-9-5-10(13)3-4-11(9)14-6-12(2)7-15-8-12/h3-5,14H,6-8H2,1-2H3. The second-order valence-corrected chi connectivity index (χ2v) is 5.05. The highest BCUT2D eigenvalue weighted by Crippen LogP contribution is 2.28. The number of halogens is 1. The molecule has 1 N–H and O–H groups in total. The average Bonchev–Trinajstić information content (AvgIpc) is 2.14. The number of anilines is 1. The molecule has 1 aliphatic heterocycles. The van der Waals surface area contributed by atoms with E-state index in [0.717, 1.165) is 30.5 Å². The molecule has 1 aromatic carbocycles. The number of rotatable bonds is 3. The lowest BCUT2D eigenvalue weighted by molar-refractivity contribution is -0.0924. The van der Waals surface area contributed by atoms with Gasteiger partial charge in [-0.15, -0.1) is 0 Å². The Balaban J connectivity index is 1.98. The summed E-state index contributed by atoms with van der Waals surface area (Å²) in [5.41, 5.74) is 2.64. The molecule has 3 heteroatoms. The van der Waals surface area contributed by atoms with Crippen molar-refractivity contribution in [3.05, 3.63) is 28.8 Å². The summed E-state index contributed by atoms with van der Waals surface area (Å²) in [5.74, 6) is 0. The van der Waals surface area contributed by atoms with Gasteiger partial charge in [-0.1, -0.05) is 18.5 Å². The highest BCUT2D eigenvalue weighted by atomic mass is 35.5.